The van der Waals surface area contributed by atoms with Crippen molar-refractivity contribution in [1.29, 1.82) is 0 Å². The molecule has 0 radical (unpaired) electrons. The van der Waals surface area contributed by atoms with Crippen molar-refractivity contribution in [3.05, 3.63) is 48.2 Å². The fourth-order valence-electron chi connectivity index (χ4n) is 2.76. The zero-order valence-electron chi connectivity index (χ0n) is 12.5. The highest BCUT2D eigenvalue weighted by molar-refractivity contribution is 5.94. The van der Waals surface area contributed by atoms with Gasteiger partial charge < -0.3 is 9.64 Å². The molecule has 2 aromatic rings. The number of carbonyl (C=O) groups excluding carboxylic acids is 1. The van der Waals surface area contributed by atoms with Crippen LogP contribution in [0.3, 0.4) is 0 Å². The maximum atomic E-state index is 12.6. The Labute approximate surface area is 129 Å². The Morgan fingerprint density at radius 2 is 2.23 bits per heavy atom. The van der Waals surface area contributed by atoms with Gasteiger partial charge in [-0.1, -0.05) is 0 Å². The molecule has 6 nitrogen and oxygen atoms in total. The molecule has 3 heterocycles. The Morgan fingerprint density at radius 1 is 1.32 bits per heavy atom. The molecule has 1 saturated heterocycles. The molecular formula is C16H18N4O2. The molecule has 0 unspecified atom stereocenters. The van der Waals surface area contributed by atoms with Gasteiger partial charge in [0.25, 0.3) is 5.91 Å². The highest BCUT2D eigenvalue weighted by Crippen LogP contribution is 2.26. The molecule has 1 atom stereocenters. The van der Waals surface area contributed by atoms with Gasteiger partial charge in [0.2, 0.25) is 5.88 Å². The monoisotopic (exact) mass is 298 g/mol. The van der Waals surface area contributed by atoms with Gasteiger partial charge >= 0.3 is 0 Å². The van der Waals surface area contributed by atoms with Crippen LogP contribution < -0.4 is 4.74 Å². The Morgan fingerprint density at radius 3 is 2.91 bits per heavy atom. The second-order valence-corrected chi connectivity index (χ2v) is 5.31. The lowest BCUT2D eigenvalue weighted by atomic mass is 9.94. The maximum absolute atomic E-state index is 12.6. The molecule has 6 heteroatoms. The van der Waals surface area contributed by atoms with Crippen LogP contribution in [0.5, 0.6) is 5.88 Å². The number of carbonyl (C=O) groups is 1. The van der Waals surface area contributed by atoms with E-state index in [9.17, 15) is 4.79 Å². The van der Waals surface area contributed by atoms with Gasteiger partial charge in [0.1, 0.15) is 6.33 Å². The van der Waals surface area contributed by atoms with E-state index in [-0.39, 0.29) is 11.8 Å². The number of nitrogens with zero attached hydrogens (tertiary/aromatic N) is 4. The molecule has 0 bridgehead atoms. The van der Waals surface area contributed by atoms with E-state index < -0.39 is 0 Å². The molecule has 1 fully saturated rings. The van der Waals surface area contributed by atoms with Crippen LogP contribution in [0, 0.1) is 0 Å². The molecule has 1 aliphatic heterocycles. The van der Waals surface area contributed by atoms with Gasteiger partial charge in [-0.25, -0.2) is 15.0 Å². The van der Waals surface area contributed by atoms with E-state index in [2.05, 4.69) is 15.0 Å². The molecule has 0 saturated carbocycles. The molecule has 22 heavy (non-hydrogen) atoms. The van der Waals surface area contributed by atoms with Crippen LogP contribution >= 0.6 is 0 Å². The summed E-state index contributed by atoms with van der Waals surface area (Å²) in [5.41, 5.74) is 1.59. The quantitative estimate of drug-likeness (QED) is 0.865. The van der Waals surface area contributed by atoms with Crippen LogP contribution in [0.2, 0.25) is 0 Å². The van der Waals surface area contributed by atoms with Gasteiger partial charge in [-0.2, -0.15) is 0 Å². The van der Waals surface area contributed by atoms with E-state index in [0.717, 1.165) is 25.1 Å². The lowest BCUT2D eigenvalue weighted by Crippen LogP contribution is -2.39. The first-order chi connectivity index (χ1) is 10.8. The van der Waals surface area contributed by atoms with Crippen LogP contribution in [-0.2, 0) is 0 Å². The third kappa shape index (κ3) is 3.05. The molecule has 0 spiro atoms. The number of methoxy groups -OCH3 is 1. The maximum Gasteiger partial charge on any atom is 0.255 e. The first-order valence-corrected chi connectivity index (χ1v) is 7.33. The van der Waals surface area contributed by atoms with E-state index >= 15 is 0 Å². The lowest BCUT2D eigenvalue weighted by molar-refractivity contribution is 0.0705. The van der Waals surface area contributed by atoms with Crippen molar-refractivity contribution in [2.45, 2.75) is 18.8 Å². The van der Waals surface area contributed by atoms with Crippen molar-refractivity contribution in [3.8, 4) is 5.88 Å². The fourth-order valence-corrected chi connectivity index (χ4v) is 2.76. The summed E-state index contributed by atoms with van der Waals surface area (Å²) in [6.07, 6.45) is 6.89. The van der Waals surface area contributed by atoms with Crippen molar-refractivity contribution in [2.75, 3.05) is 20.2 Å². The van der Waals surface area contributed by atoms with E-state index in [1.54, 1.807) is 38.0 Å². The zero-order valence-corrected chi connectivity index (χ0v) is 12.5. The Bertz CT molecular complexity index is 630. The number of rotatable bonds is 3. The fraction of sp³-hybridized carbons (Fsp3) is 0.375. The highest BCUT2D eigenvalue weighted by Gasteiger charge is 2.26. The molecule has 1 aliphatic rings. The number of hydrogen-bond donors (Lipinski definition) is 0. The molecule has 0 aliphatic carbocycles. The van der Waals surface area contributed by atoms with Crippen LogP contribution in [-0.4, -0.2) is 46.0 Å². The average molecular weight is 298 g/mol. The molecule has 0 N–H and O–H groups in total. The third-order valence-electron chi connectivity index (χ3n) is 3.92. The average Bonchev–Trinajstić information content (AvgIpc) is 2.62. The minimum absolute atomic E-state index is 0.00825. The van der Waals surface area contributed by atoms with Gasteiger partial charge in [0, 0.05) is 43.2 Å². The molecule has 3 rings (SSSR count). The smallest absolute Gasteiger partial charge is 0.255 e. The number of amides is 1. The highest BCUT2D eigenvalue weighted by atomic mass is 16.5. The summed E-state index contributed by atoms with van der Waals surface area (Å²) in [5, 5.41) is 0. The van der Waals surface area contributed by atoms with E-state index in [4.69, 9.17) is 4.74 Å². The summed E-state index contributed by atoms with van der Waals surface area (Å²) < 4.78 is 5.02. The number of piperidine rings is 1. The standard InChI is InChI=1S/C16H18N4O2/c1-22-15-5-4-12(9-18-15)16(21)20-8-2-3-13(10-20)14-6-7-17-11-19-14/h4-7,9,11,13H,2-3,8,10H2,1H3/t13-/m1/s1. The number of hydrogen-bond acceptors (Lipinski definition) is 5. The lowest BCUT2D eigenvalue weighted by Gasteiger charge is -2.32. The second-order valence-electron chi connectivity index (χ2n) is 5.31. The molecule has 1 amide bonds. The summed E-state index contributed by atoms with van der Waals surface area (Å²) in [6.45, 7) is 1.45. The zero-order chi connectivity index (χ0) is 15.4. The first kappa shape index (κ1) is 14.4. The van der Waals surface area contributed by atoms with Crippen molar-refractivity contribution in [1.82, 2.24) is 19.9 Å². The molecular weight excluding hydrogens is 280 g/mol. The predicted molar refractivity (Wildman–Crippen MR) is 80.7 cm³/mol. The van der Waals surface area contributed by atoms with Gasteiger partial charge in [-0.15, -0.1) is 0 Å². The molecule has 0 aromatic carbocycles. The predicted octanol–water partition coefficient (Wildman–Crippen LogP) is 1.90. The largest absolute Gasteiger partial charge is 0.481 e. The normalized spacial score (nSPS) is 18.0. The molecule has 2 aromatic heterocycles. The summed E-state index contributed by atoms with van der Waals surface area (Å²) >= 11 is 0. The van der Waals surface area contributed by atoms with Gasteiger partial charge in [0.05, 0.1) is 12.7 Å². The minimum Gasteiger partial charge on any atom is -0.481 e. The van der Waals surface area contributed by atoms with Gasteiger partial charge in [0.15, 0.2) is 0 Å². The number of likely N-dealkylation sites (tertiary alicyclic amines) is 1. The Kier molecular flexibility index (Phi) is 4.27. The van der Waals surface area contributed by atoms with Crippen LogP contribution in [0.15, 0.2) is 36.9 Å². The van der Waals surface area contributed by atoms with Gasteiger partial charge in [-0.3, -0.25) is 4.79 Å². The Hall–Kier alpha value is -2.50. The summed E-state index contributed by atoms with van der Waals surface area (Å²) in [7, 11) is 1.56. The van der Waals surface area contributed by atoms with Gasteiger partial charge in [-0.05, 0) is 25.0 Å². The topological polar surface area (TPSA) is 68.2 Å². The third-order valence-corrected chi connectivity index (χ3v) is 3.92. The van der Waals surface area contributed by atoms with E-state index in [1.807, 2.05) is 11.0 Å². The first-order valence-electron chi connectivity index (χ1n) is 7.33. The summed E-state index contributed by atoms with van der Waals surface area (Å²) in [6, 6.07) is 5.38. The van der Waals surface area contributed by atoms with E-state index in [1.165, 1.54) is 0 Å². The van der Waals surface area contributed by atoms with Crippen molar-refractivity contribution < 1.29 is 9.53 Å². The van der Waals surface area contributed by atoms with Crippen molar-refractivity contribution in [3.63, 3.8) is 0 Å². The number of ether oxygens (including phenoxy) is 1. The van der Waals surface area contributed by atoms with E-state index in [0.29, 0.717) is 18.0 Å². The summed E-state index contributed by atoms with van der Waals surface area (Å²) in [5.74, 6) is 0.787. The summed E-state index contributed by atoms with van der Waals surface area (Å²) in [4.78, 5) is 26.8. The number of aromatic nitrogens is 3. The van der Waals surface area contributed by atoms with Crippen molar-refractivity contribution >= 4 is 5.91 Å². The van der Waals surface area contributed by atoms with Crippen molar-refractivity contribution in [2.24, 2.45) is 0 Å². The van der Waals surface area contributed by atoms with Crippen LogP contribution in [0.1, 0.15) is 34.8 Å². The van der Waals surface area contributed by atoms with Crippen LogP contribution in [0.4, 0.5) is 0 Å². The molecule has 114 valence electrons. The number of pyridine rings is 1. The van der Waals surface area contributed by atoms with Crippen LogP contribution in [0.25, 0.3) is 0 Å². The minimum atomic E-state index is 0.00825. The Balaban J connectivity index is 1.72. The second kappa shape index (κ2) is 6.51. The SMILES string of the molecule is COc1ccc(C(=O)N2CCC[C@@H](c3ccncn3)C2)cn1.